The van der Waals surface area contributed by atoms with Crippen LogP contribution in [0.2, 0.25) is 0 Å². The van der Waals surface area contributed by atoms with E-state index in [0.29, 0.717) is 26.3 Å². The van der Waals surface area contributed by atoms with Crippen LogP contribution in [-0.4, -0.2) is 41.8 Å². The van der Waals surface area contributed by atoms with E-state index in [1.165, 1.54) is 0 Å². The zero-order valence-corrected chi connectivity index (χ0v) is 9.80. The molecule has 1 rings (SSSR count). The highest BCUT2D eigenvalue weighted by Gasteiger charge is 2.58. The third kappa shape index (κ3) is 2.92. The molecule has 1 unspecified atom stereocenters. The lowest BCUT2D eigenvalue weighted by molar-refractivity contribution is -0.207. The summed E-state index contributed by atoms with van der Waals surface area (Å²) in [7, 11) is 0. The molecule has 0 aliphatic carbocycles. The first kappa shape index (κ1) is 14.7. The molecule has 1 amide bonds. The van der Waals surface area contributed by atoms with Gasteiger partial charge in [-0.2, -0.15) is 13.2 Å². The Morgan fingerprint density at radius 3 is 2.39 bits per heavy atom. The number of carboxylic acids is 1. The van der Waals surface area contributed by atoms with Crippen molar-refractivity contribution in [3.05, 3.63) is 0 Å². The molecule has 3 N–H and O–H groups in total. The van der Waals surface area contributed by atoms with E-state index in [-0.39, 0.29) is 6.54 Å². The summed E-state index contributed by atoms with van der Waals surface area (Å²) in [6, 6.07) is 0. The molecule has 0 aromatic heterocycles. The summed E-state index contributed by atoms with van der Waals surface area (Å²) in [4.78, 5) is 22.4. The van der Waals surface area contributed by atoms with Crippen LogP contribution in [0.4, 0.5) is 13.2 Å². The average Bonchev–Trinajstić information content (AvgIpc) is 2.28. The largest absolute Gasteiger partial charge is 0.479 e. The Bertz CT molecular complexity index is 340. The van der Waals surface area contributed by atoms with E-state index in [9.17, 15) is 22.8 Å². The van der Waals surface area contributed by atoms with Crippen molar-refractivity contribution in [1.29, 1.82) is 0 Å². The minimum absolute atomic E-state index is 0.263. The van der Waals surface area contributed by atoms with Gasteiger partial charge < -0.3 is 15.7 Å². The number of nitrogens with one attached hydrogen (secondary N) is 2. The molecule has 0 radical (unpaired) electrons. The third-order valence-electron chi connectivity index (χ3n) is 3.04. The minimum atomic E-state index is -5.05. The second-order valence-electron chi connectivity index (χ2n) is 4.46. The van der Waals surface area contributed by atoms with Crippen molar-refractivity contribution in [2.24, 2.45) is 5.92 Å². The van der Waals surface area contributed by atoms with E-state index >= 15 is 0 Å². The smallest absolute Gasteiger partial charge is 0.422 e. The fourth-order valence-electron chi connectivity index (χ4n) is 1.67. The molecular formula is C10H15F3N2O3. The second-order valence-corrected chi connectivity index (χ2v) is 4.46. The van der Waals surface area contributed by atoms with Crippen LogP contribution >= 0.6 is 0 Å². The van der Waals surface area contributed by atoms with Gasteiger partial charge >= 0.3 is 12.1 Å². The number of halogens is 3. The predicted octanol–water partition coefficient (Wildman–Crippen LogP) is 0.508. The zero-order chi connectivity index (χ0) is 14.0. The molecule has 0 aromatic rings. The van der Waals surface area contributed by atoms with Gasteiger partial charge in [0.1, 0.15) is 0 Å². The maximum Gasteiger partial charge on any atom is 0.422 e. The highest BCUT2D eigenvalue weighted by molar-refractivity contribution is 5.88. The van der Waals surface area contributed by atoms with Crippen molar-refractivity contribution in [3.63, 3.8) is 0 Å². The number of amides is 1. The lowest BCUT2D eigenvalue weighted by Gasteiger charge is -2.31. The number of hydrogen-bond donors (Lipinski definition) is 3. The van der Waals surface area contributed by atoms with Gasteiger partial charge in [0.2, 0.25) is 11.4 Å². The van der Waals surface area contributed by atoms with Crippen LogP contribution in [0.3, 0.4) is 0 Å². The quantitative estimate of drug-likeness (QED) is 0.697. The van der Waals surface area contributed by atoms with Crippen LogP contribution in [0.25, 0.3) is 0 Å². The van der Waals surface area contributed by atoms with Crippen molar-refractivity contribution >= 4 is 11.9 Å². The van der Waals surface area contributed by atoms with Crippen LogP contribution in [-0.2, 0) is 9.59 Å². The normalized spacial score (nSPS) is 24.1. The van der Waals surface area contributed by atoms with Gasteiger partial charge in [0.25, 0.3) is 0 Å². The molecular weight excluding hydrogens is 253 g/mol. The third-order valence-corrected chi connectivity index (χ3v) is 3.04. The summed E-state index contributed by atoms with van der Waals surface area (Å²) < 4.78 is 38.0. The van der Waals surface area contributed by atoms with Gasteiger partial charge in [-0.1, -0.05) is 0 Å². The molecule has 1 aliphatic rings. The van der Waals surface area contributed by atoms with Crippen LogP contribution < -0.4 is 10.6 Å². The fraction of sp³-hybridized carbons (Fsp3) is 0.800. The van der Waals surface area contributed by atoms with Gasteiger partial charge in [-0.25, -0.2) is 4.79 Å². The number of aliphatic carboxylic acids is 1. The zero-order valence-electron chi connectivity index (χ0n) is 9.80. The number of alkyl halides is 3. The second kappa shape index (κ2) is 5.13. The van der Waals surface area contributed by atoms with E-state index in [0.717, 1.165) is 0 Å². The molecule has 0 saturated carbocycles. The summed E-state index contributed by atoms with van der Waals surface area (Å²) >= 11 is 0. The Balaban J connectivity index is 2.78. The molecule has 0 spiro atoms. The number of piperidine rings is 1. The van der Waals surface area contributed by atoms with Crippen molar-refractivity contribution in [2.45, 2.75) is 31.5 Å². The highest BCUT2D eigenvalue weighted by atomic mass is 19.4. The summed E-state index contributed by atoms with van der Waals surface area (Å²) in [6.07, 6.45) is -3.92. The van der Waals surface area contributed by atoms with Crippen molar-refractivity contribution in [3.8, 4) is 0 Å². The SMILES string of the molecule is CC(NC(=O)[C@@H]1CCCNC1)(C(=O)O)C(F)(F)F. The summed E-state index contributed by atoms with van der Waals surface area (Å²) in [5.41, 5.74) is -3.25. The van der Waals surface area contributed by atoms with Crippen LogP contribution in [0.15, 0.2) is 0 Å². The Morgan fingerprint density at radius 2 is 2.00 bits per heavy atom. The average molecular weight is 268 g/mol. The Labute approximate surface area is 102 Å². The molecule has 104 valence electrons. The number of hydrogen-bond acceptors (Lipinski definition) is 3. The van der Waals surface area contributed by atoms with Crippen LogP contribution in [0, 0.1) is 5.92 Å². The molecule has 8 heteroatoms. The van der Waals surface area contributed by atoms with E-state index < -0.39 is 29.5 Å². The Morgan fingerprint density at radius 1 is 1.39 bits per heavy atom. The van der Waals surface area contributed by atoms with Gasteiger partial charge in [-0.15, -0.1) is 0 Å². The highest BCUT2D eigenvalue weighted by Crippen LogP contribution is 2.31. The maximum atomic E-state index is 12.7. The summed E-state index contributed by atoms with van der Waals surface area (Å²) in [5, 5.41) is 13.1. The van der Waals surface area contributed by atoms with Crippen molar-refractivity contribution in [2.75, 3.05) is 13.1 Å². The first-order valence-corrected chi connectivity index (χ1v) is 5.51. The molecule has 18 heavy (non-hydrogen) atoms. The van der Waals surface area contributed by atoms with E-state index in [1.54, 1.807) is 5.32 Å². The summed E-state index contributed by atoms with van der Waals surface area (Å²) in [6.45, 7) is 1.42. The van der Waals surface area contributed by atoms with Gasteiger partial charge in [0, 0.05) is 6.54 Å². The predicted molar refractivity (Wildman–Crippen MR) is 55.8 cm³/mol. The fourth-order valence-corrected chi connectivity index (χ4v) is 1.67. The number of carboxylic acid groups (broad SMARTS) is 1. The van der Waals surface area contributed by atoms with E-state index in [1.807, 2.05) is 0 Å². The van der Waals surface area contributed by atoms with Gasteiger partial charge in [-0.3, -0.25) is 4.79 Å². The molecule has 1 aliphatic heterocycles. The van der Waals surface area contributed by atoms with Gasteiger partial charge in [0.15, 0.2) is 0 Å². The molecule has 2 atom stereocenters. The molecule has 1 saturated heterocycles. The summed E-state index contributed by atoms with van der Waals surface area (Å²) in [5.74, 6) is -3.63. The van der Waals surface area contributed by atoms with Crippen LogP contribution in [0.1, 0.15) is 19.8 Å². The lowest BCUT2D eigenvalue weighted by atomic mass is 9.95. The molecule has 0 aromatic carbocycles. The van der Waals surface area contributed by atoms with Crippen molar-refractivity contribution in [1.82, 2.24) is 10.6 Å². The molecule has 0 bridgehead atoms. The number of carbonyl (C=O) groups is 2. The van der Waals surface area contributed by atoms with E-state index in [4.69, 9.17) is 5.11 Å². The van der Waals surface area contributed by atoms with Gasteiger partial charge in [-0.05, 0) is 26.3 Å². The Hall–Kier alpha value is -1.31. The Kier molecular flexibility index (Phi) is 4.20. The molecule has 5 nitrogen and oxygen atoms in total. The van der Waals surface area contributed by atoms with Crippen molar-refractivity contribution < 1.29 is 27.9 Å². The van der Waals surface area contributed by atoms with Crippen LogP contribution in [0.5, 0.6) is 0 Å². The number of rotatable bonds is 3. The lowest BCUT2D eigenvalue weighted by Crippen LogP contribution is -2.63. The van der Waals surface area contributed by atoms with E-state index in [2.05, 4.69) is 5.32 Å². The monoisotopic (exact) mass is 268 g/mol. The topological polar surface area (TPSA) is 78.4 Å². The molecule has 1 fully saturated rings. The first-order valence-electron chi connectivity index (χ1n) is 5.51. The maximum absolute atomic E-state index is 12.7. The minimum Gasteiger partial charge on any atom is -0.479 e. The van der Waals surface area contributed by atoms with Gasteiger partial charge in [0.05, 0.1) is 5.92 Å². The first-order chi connectivity index (χ1) is 8.18. The number of carbonyl (C=O) groups excluding carboxylic acids is 1. The molecule has 1 heterocycles. The standard InChI is InChI=1S/C10H15F3N2O3/c1-9(8(17)18,10(11,12)13)15-7(16)6-3-2-4-14-5-6/h6,14H,2-5H2,1H3,(H,15,16)(H,17,18)/t6-,9?/m1/s1.